The summed E-state index contributed by atoms with van der Waals surface area (Å²) < 4.78 is 0.999. The number of anilines is 1. The molecule has 19 heavy (non-hydrogen) atoms. The smallest absolute Gasteiger partial charge is 0.365 e. The molecule has 0 spiro atoms. The molecule has 1 aromatic heterocycles. The molecule has 2 rings (SSSR count). The van der Waals surface area contributed by atoms with Crippen LogP contribution in [0.25, 0.3) is 0 Å². The van der Waals surface area contributed by atoms with Gasteiger partial charge in [-0.05, 0) is 47.0 Å². The topological polar surface area (TPSA) is 62.2 Å². The van der Waals surface area contributed by atoms with Crippen LogP contribution in [-0.4, -0.2) is 16.1 Å². The number of nitrogens with one attached hydrogen (secondary N) is 1. The van der Waals surface area contributed by atoms with Crippen LogP contribution in [0.3, 0.4) is 0 Å². The van der Waals surface area contributed by atoms with Crippen molar-refractivity contribution in [2.75, 3.05) is 5.32 Å². The molecule has 1 heterocycles. The van der Waals surface area contributed by atoms with Crippen molar-refractivity contribution in [2.24, 2.45) is 0 Å². The standard InChI is InChI=1S/C13H13BrN2O2S/c1-7-3-8(2)11(10(14)4-7)15-5-9-6-19-12(16-9)13(17)18/h3-4,6,15H,5H2,1-2H3,(H,17,18). The molecule has 0 fully saturated rings. The second kappa shape index (κ2) is 5.71. The fraction of sp³-hybridized carbons (Fsp3) is 0.231. The summed E-state index contributed by atoms with van der Waals surface area (Å²) in [4.78, 5) is 14.8. The number of nitrogens with zero attached hydrogens (tertiary/aromatic N) is 1. The molecule has 0 saturated carbocycles. The van der Waals surface area contributed by atoms with E-state index in [2.05, 4.69) is 32.3 Å². The van der Waals surface area contributed by atoms with Crippen LogP contribution < -0.4 is 5.32 Å². The van der Waals surface area contributed by atoms with Crippen LogP contribution in [-0.2, 0) is 6.54 Å². The molecule has 0 bridgehead atoms. The van der Waals surface area contributed by atoms with Crippen LogP contribution >= 0.6 is 27.3 Å². The number of carbonyl (C=O) groups is 1. The number of rotatable bonds is 4. The summed E-state index contributed by atoms with van der Waals surface area (Å²) in [5.41, 5.74) is 4.07. The van der Waals surface area contributed by atoms with Crippen LogP contribution in [0, 0.1) is 13.8 Å². The number of aromatic nitrogens is 1. The van der Waals surface area contributed by atoms with Gasteiger partial charge in [-0.15, -0.1) is 11.3 Å². The van der Waals surface area contributed by atoms with Crippen molar-refractivity contribution < 1.29 is 9.90 Å². The van der Waals surface area contributed by atoms with Gasteiger partial charge in [-0.2, -0.15) is 0 Å². The van der Waals surface area contributed by atoms with E-state index < -0.39 is 5.97 Å². The maximum absolute atomic E-state index is 10.8. The van der Waals surface area contributed by atoms with E-state index >= 15 is 0 Å². The fourth-order valence-corrected chi connectivity index (χ4v) is 3.27. The number of halogens is 1. The highest BCUT2D eigenvalue weighted by molar-refractivity contribution is 9.10. The van der Waals surface area contributed by atoms with Gasteiger partial charge < -0.3 is 10.4 Å². The molecular weight excluding hydrogens is 328 g/mol. The number of aryl methyl sites for hydroxylation is 2. The Morgan fingerprint density at radius 1 is 1.47 bits per heavy atom. The molecule has 2 N–H and O–H groups in total. The normalized spacial score (nSPS) is 10.5. The third-order valence-corrected chi connectivity index (χ3v) is 4.12. The third kappa shape index (κ3) is 3.33. The Bertz CT molecular complexity index is 602. The Balaban J connectivity index is 2.12. The first-order chi connectivity index (χ1) is 8.97. The third-order valence-electron chi connectivity index (χ3n) is 2.61. The summed E-state index contributed by atoms with van der Waals surface area (Å²) in [6.45, 7) is 4.58. The van der Waals surface area contributed by atoms with Gasteiger partial charge in [0.2, 0.25) is 5.01 Å². The zero-order chi connectivity index (χ0) is 14.0. The van der Waals surface area contributed by atoms with Gasteiger partial charge in [-0.25, -0.2) is 9.78 Å². The lowest BCUT2D eigenvalue weighted by Gasteiger charge is -2.11. The highest BCUT2D eigenvalue weighted by Gasteiger charge is 2.10. The number of carboxylic acid groups (broad SMARTS) is 1. The number of hydrogen-bond donors (Lipinski definition) is 2. The Kier molecular flexibility index (Phi) is 4.21. The molecule has 6 heteroatoms. The van der Waals surface area contributed by atoms with Crippen LogP contribution in [0.2, 0.25) is 0 Å². The average Bonchev–Trinajstić information content (AvgIpc) is 2.76. The van der Waals surface area contributed by atoms with E-state index in [4.69, 9.17) is 5.11 Å². The quantitative estimate of drug-likeness (QED) is 0.887. The molecular formula is C13H13BrN2O2S. The number of benzene rings is 1. The number of aromatic carboxylic acids is 1. The number of thiazole rings is 1. The highest BCUT2D eigenvalue weighted by atomic mass is 79.9. The van der Waals surface area contributed by atoms with E-state index in [9.17, 15) is 4.79 Å². The van der Waals surface area contributed by atoms with Gasteiger partial charge in [0.15, 0.2) is 0 Å². The molecule has 0 aliphatic heterocycles. The first-order valence-electron chi connectivity index (χ1n) is 5.65. The van der Waals surface area contributed by atoms with E-state index in [0.717, 1.165) is 32.8 Å². The summed E-state index contributed by atoms with van der Waals surface area (Å²) >= 11 is 4.67. The van der Waals surface area contributed by atoms with Crippen molar-refractivity contribution in [2.45, 2.75) is 20.4 Å². The van der Waals surface area contributed by atoms with Gasteiger partial charge in [0.25, 0.3) is 0 Å². The van der Waals surface area contributed by atoms with Crippen molar-refractivity contribution >= 4 is 38.9 Å². The molecule has 0 aliphatic rings. The maximum Gasteiger partial charge on any atom is 0.365 e. The summed E-state index contributed by atoms with van der Waals surface area (Å²) in [5.74, 6) is -0.982. The predicted molar refractivity (Wildman–Crippen MR) is 80.0 cm³/mol. The fourth-order valence-electron chi connectivity index (χ4n) is 1.80. The molecule has 0 aliphatic carbocycles. The second-order valence-corrected chi connectivity index (χ2v) is 5.95. The molecule has 0 atom stereocenters. The van der Waals surface area contributed by atoms with Gasteiger partial charge in [0.05, 0.1) is 17.9 Å². The molecule has 1 aromatic carbocycles. The zero-order valence-corrected chi connectivity index (χ0v) is 12.9. The van der Waals surface area contributed by atoms with Crippen LogP contribution in [0.1, 0.15) is 26.6 Å². The van der Waals surface area contributed by atoms with E-state index in [-0.39, 0.29) is 5.01 Å². The van der Waals surface area contributed by atoms with Gasteiger partial charge in [-0.1, -0.05) is 6.07 Å². The van der Waals surface area contributed by atoms with Crippen LogP contribution in [0.4, 0.5) is 5.69 Å². The minimum atomic E-state index is -0.982. The van der Waals surface area contributed by atoms with Crippen molar-refractivity contribution in [3.8, 4) is 0 Å². The second-order valence-electron chi connectivity index (χ2n) is 4.24. The Morgan fingerprint density at radius 2 is 2.21 bits per heavy atom. The molecule has 2 aromatic rings. The van der Waals surface area contributed by atoms with Gasteiger partial charge >= 0.3 is 5.97 Å². The molecule has 0 amide bonds. The molecule has 0 saturated heterocycles. The zero-order valence-electron chi connectivity index (χ0n) is 10.5. The SMILES string of the molecule is Cc1cc(C)c(NCc2csc(C(=O)O)n2)c(Br)c1. The van der Waals surface area contributed by atoms with Gasteiger partial charge in [0, 0.05) is 9.85 Å². The van der Waals surface area contributed by atoms with Gasteiger partial charge in [-0.3, -0.25) is 0 Å². The van der Waals surface area contributed by atoms with E-state index in [1.807, 2.05) is 19.9 Å². The van der Waals surface area contributed by atoms with E-state index in [1.165, 1.54) is 5.56 Å². The number of hydrogen-bond acceptors (Lipinski definition) is 4. The average molecular weight is 341 g/mol. The molecule has 100 valence electrons. The van der Waals surface area contributed by atoms with E-state index in [1.54, 1.807) is 5.38 Å². The van der Waals surface area contributed by atoms with E-state index in [0.29, 0.717) is 6.54 Å². The first-order valence-corrected chi connectivity index (χ1v) is 7.33. The first kappa shape index (κ1) is 14.0. The highest BCUT2D eigenvalue weighted by Crippen LogP contribution is 2.28. The summed E-state index contributed by atoms with van der Waals surface area (Å²) in [5, 5.41) is 14.0. The molecule has 0 unspecified atom stereocenters. The van der Waals surface area contributed by atoms with Crippen molar-refractivity contribution in [1.82, 2.24) is 4.98 Å². The Morgan fingerprint density at radius 3 is 2.79 bits per heavy atom. The van der Waals surface area contributed by atoms with Crippen molar-refractivity contribution in [3.05, 3.63) is 43.8 Å². The predicted octanol–water partition coefficient (Wildman–Crippen LogP) is 3.83. The summed E-state index contributed by atoms with van der Waals surface area (Å²) in [7, 11) is 0. The lowest BCUT2D eigenvalue weighted by atomic mass is 10.1. The molecule has 4 nitrogen and oxygen atoms in total. The molecule has 0 radical (unpaired) electrons. The largest absolute Gasteiger partial charge is 0.476 e. The summed E-state index contributed by atoms with van der Waals surface area (Å²) in [6.07, 6.45) is 0. The maximum atomic E-state index is 10.8. The van der Waals surface area contributed by atoms with Crippen LogP contribution in [0.5, 0.6) is 0 Å². The van der Waals surface area contributed by atoms with Crippen molar-refractivity contribution in [3.63, 3.8) is 0 Å². The minimum Gasteiger partial charge on any atom is -0.476 e. The lowest BCUT2D eigenvalue weighted by molar-refractivity contribution is 0.0696. The van der Waals surface area contributed by atoms with Gasteiger partial charge in [0.1, 0.15) is 0 Å². The minimum absolute atomic E-state index is 0.122. The Labute approximate surface area is 123 Å². The Hall–Kier alpha value is -1.40. The lowest BCUT2D eigenvalue weighted by Crippen LogP contribution is -2.03. The van der Waals surface area contributed by atoms with Crippen LogP contribution in [0.15, 0.2) is 22.0 Å². The monoisotopic (exact) mass is 340 g/mol. The van der Waals surface area contributed by atoms with Crippen molar-refractivity contribution in [1.29, 1.82) is 0 Å². The summed E-state index contributed by atoms with van der Waals surface area (Å²) in [6, 6.07) is 4.13. The number of carboxylic acids is 1.